The minimum absolute atomic E-state index is 0.290. The number of amides is 2. The van der Waals surface area contributed by atoms with E-state index in [1.807, 2.05) is 19.9 Å². The van der Waals surface area contributed by atoms with Crippen LogP contribution in [0.5, 0.6) is 0 Å². The molecule has 0 radical (unpaired) electrons. The average molecular weight is 260 g/mol. The molecular weight excluding hydrogens is 240 g/mol. The van der Waals surface area contributed by atoms with Gasteiger partial charge in [-0.15, -0.1) is 0 Å². The lowest BCUT2D eigenvalue weighted by atomic mass is 9.94. The van der Waals surface area contributed by atoms with Crippen LogP contribution in [0.4, 0.5) is 10.5 Å². The van der Waals surface area contributed by atoms with E-state index in [0.29, 0.717) is 17.8 Å². The quantitative estimate of drug-likeness (QED) is 0.758. The minimum Gasteiger partial charge on any atom is -0.336 e. The summed E-state index contributed by atoms with van der Waals surface area (Å²) >= 11 is 0. The second kappa shape index (κ2) is 6.76. The lowest BCUT2D eigenvalue weighted by Gasteiger charge is -2.26. The molecule has 0 saturated carbocycles. The number of nitrogens with two attached hydrogens (primary N) is 1. The zero-order chi connectivity index (χ0) is 14.3. The molecule has 0 aromatic heterocycles. The third kappa shape index (κ3) is 4.60. The molecule has 2 amide bonds. The summed E-state index contributed by atoms with van der Waals surface area (Å²) in [7, 11) is 0. The van der Waals surface area contributed by atoms with Crippen molar-refractivity contribution in [2.75, 3.05) is 11.9 Å². The Labute approximate surface area is 113 Å². The molecule has 1 aromatic rings. The number of anilines is 1. The molecule has 0 aliphatic carbocycles. The van der Waals surface area contributed by atoms with Gasteiger partial charge in [-0.05, 0) is 37.1 Å². The van der Waals surface area contributed by atoms with Crippen LogP contribution in [-0.4, -0.2) is 18.1 Å². The van der Waals surface area contributed by atoms with Crippen molar-refractivity contribution in [3.63, 3.8) is 0 Å². The number of hydrogen-bond acceptors (Lipinski definition) is 3. The first-order chi connectivity index (χ1) is 9.03. The molecule has 0 heterocycles. The summed E-state index contributed by atoms with van der Waals surface area (Å²) in [5.74, 6) is 0. The first-order valence-electron chi connectivity index (χ1n) is 6.37. The molecule has 0 aliphatic rings. The number of nitriles is 1. The number of carbonyl (C=O) groups excluding carboxylic acids is 1. The second-order valence-corrected chi connectivity index (χ2v) is 4.57. The maximum Gasteiger partial charge on any atom is 0.319 e. The number of urea groups is 1. The molecule has 0 aliphatic heterocycles. The van der Waals surface area contributed by atoms with Crippen molar-refractivity contribution in [3.8, 4) is 6.07 Å². The first kappa shape index (κ1) is 15.0. The van der Waals surface area contributed by atoms with E-state index in [4.69, 9.17) is 11.0 Å². The second-order valence-electron chi connectivity index (χ2n) is 4.57. The molecule has 0 saturated heterocycles. The van der Waals surface area contributed by atoms with Crippen molar-refractivity contribution < 1.29 is 4.79 Å². The molecule has 1 rings (SSSR count). The molecule has 0 spiro atoms. The Morgan fingerprint density at radius 3 is 2.37 bits per heavy atom. The monoisotopic (exact) mass is 260 g/mol. The predicted octanol–water partition coefficient (Wildman–Crippen LogP) is 2.20. The van der Waals surface area contributed by atoms with Gasteiger partial charge < -0.3 is 16.4 Å². The molecule has 0 fully saturated rings. The van der Waals surface area contributed by atoms with E-state index in [-0.39, 0.29) is 11.6 Å². The van der Waals surface area contributed by atoms with Crippen LogP contribution in [0.15, 0.2) is 24.3 Å². The minimum atomic E-state index is -0.359. The molecule has 5 nitrogen and oxygen atoms in total. The number of carbonyl (C=O) groups is 1. The Morgan fingerprint density at radius 2 is 1.89 bits per heavy atom. The van der Waals surface area contributed by atoms with E-state index in [2.05, 4.69) is 10.6 Å². The molecule has 102 valence electrons. The van der Waals surface area contributed by atoms with Crippen LogP contribution in [-0.2, 0) is 0 Å². The van der Waals surface area contributed by atoms with Crippen molar-refractivity contribution >= 4 is 11.7 Å². The van der Waals surface area contributed by atoms with Gasteiger partial charge in [0.15, 0.2) is 0 Å². The van der Waals surface area contributed by atoms with Crippen LogP contribution >= 0.6 is 0 Å². The van der Waals surface area contributed by atoms with Gasteiger partial charge in [0.25, 0.3) is 0 Å². The fourth-order valence-electron chi connectivity index (χ4n) is 1.56. The number of hydrogen-bond donors (Lipinski definition) is 3. The van der Waals surface area contributed by atoms with Gasteiger partial charge in [-0.25, -0.2) is 4.79 Å². The molecule has 5 heteroatoms. The standard InChI is InChI=1S/C14H20N4O/c1-3-14(16,4-2)10-17-13(19)18-12-7-5-11(9-15)6-8-12/h5-8H,3-4,10,16H2,1-2H3,(H2,17,18,19). The van der Waals surface area contributed by atoms with E-state index in [9.17, 15) is 4.79 Å². The van der Waals surface area contributed by atoms with E-state index in [1.165, 1.54) is 0 Å². The molecule has 1 aromatic carbocycles. The van der Waals surface area contributed by atoms with E-state index in [1.54, 1.807) is 24.3 Å². The topological polar surface area (TPSA) is 90.9 Å². The first-order valence-corrected chi connectivity index (χ1v) is 6.37. The third-order valence-corrected chi connectivity index (χ3v) is 3.28. The smallest absolute Gasteiger partial charge is 0.319 e. The largest absolute Gasteiger partial charge is 0.336 e. The van der Waals surface area contributed by atoms with Crippen LogP contribution in [0.1, 0.15) is 32.3 Å². The Bertz CT molecular complexity index is 457. The Balaban J connectivity index is 2.49. The Morgan fingerprint density at radius 1 is 1.32 bits per heavy atom. The van der Waals surface area contributed by atoms with Crippen molar-refractivity contribution in [1.82, 2.24) is 5.32 Å². The van der Waals surface area contributed by atoms with Crippen LogP contribution in [0.3, 0.4) is 0 Å². The van der Waals surface area contributed by atoms with Crippen LogP contribution in [0.2, 0.25) is 0 Å². The van der Waals surface area contributed by atoms with Crippen LogP contribution < -0.4 is 16.4 Å². The zero-order valence-electron chi connectivity index (χ0n) is 11.4. The van der Waals surface area contributed by atoms with Crippen molar-refractivity contribution in [1.29, 1.82) is 5.26 Å². The van der Waals surface area contributed by atoms with E-state index in [0.717, 1.165) is 12.8 Å². The maximum atomic E-state index is 11.7. The maximum absolute atomic E-state index is 11.7. The third-order valence-electron chi connectivity index (χ3n) is 3.28. The van der Waals surface area contributed by atoms with E-state index >= 15 is 0 Å². The van der Waals surface area contributed by atoms with Gasteiger partial charge in [-0.1, -0.05) is 13.8 Å². The summed E-state index contributed by atoms with van der Waals surface area (Å²) in [4.78, 5) is 11.7. The van der Waals surface area contributed by atoms with Crippen molar-refractivity contribution in [2.45, 2.75) is 32.2 Å². The summed E-state index contributed by atoms with van der Waals surface area (Å²) in [6, 6.07) is 8.42. The van der Waals surface area contributed by atoms with Crippen LogP contribution in [0, 0.1) is 11.3 Å². The summed E-state index contributed by atoms with van der Waals surface area (Å²) in [6.07, 6.45) is 1.61. The summed E-state index contributed by atoms with van der Waals surface area (Å²) < 4.78 is 0. The fraction of sp³-hybridized carbons (Fsp3) is 0.429. The Kier molecular flexibility index (Phi) is 5.34. The Hall–Kier alpha value is -2.06. The summed E-state index contributed by atoms with van der Waals surface area (Å²) in [5, 5.41) is 14.1. The molecule has 0 unspecified atom stereocenters. The molecule has 19 heavy (non-hydrogen) atoms. The van der Waals surface area contributed by atoms with Gasteiger partial charge in [0.1, 0.15) is 0 Å². The molecule has 0 atom stereocenters. The van der Waals surface area contributed by atoms with Crippen molar-refractivity contribution in [3.05, 3.63) is 29.8 Å². The normalized spacial score (nSPS) is 10.6. The summed E-state index contributed by atoms with van der Waals surface area (Å²) in [5.41, 5.74) is 6.94. The SMILES string of the molecule is CCC(N)(CC)CNC(=O)Nc1ccc(C#N)cc1. The van der Waals surface area contributed by atoms with Gasteiger partial charge in [0.05, 0.1) is 11.6 Å². The highest BCUT2D eigenvalue weighted by molar-refractivity contribution is 5.89. The highest BCUT2D eigenvalue weighted by atomic mass is 16.2. The highest BCUT2D eigenvalue weighted by Gasteiger charge is 2.20. The number of nitrogens with zero attached hydrogens (tertiary/aromatic N) is 1. The number of rotatable bonds is 5. The van der Waals surface area contributed by atoms with Gasteiger partial charge in [0, 0.05) is 17.8 Å². The fourth-order valence-corrected chi connectivity index (χ4v) is 1.56. The molecule has 4 N–H and O–H groups in total. The van der Waals surface area contributed by atoms with Gasteiger partial charge in [0.2, 0.25) is 0 Å². The van der Waals surface area contributed by atoms with Gasteiger partial charge in [-0.2, -0.15) is 5.26 Å². The lowest BCUT2D eigenvalue weighted by molar-refractivity contribution is 0.247. The summed E-state index contributed by atoms with van der Waals surface area (Å²) in [6.45, 7) is 4.44. The van der Waals surface area contributed by atoms with Crippen LogP contribution in [0.25, 0.3) is 0 Å². The molecule has 0 bridgehead atoms. The predicted molar refractivity (Wildman–Crippen MR) is 75.7 cm³/mol. The lowest BCUT2D eigenvalue weighted by Crippen LogP contribution is -2.50. The number of nitrogens with one attached hydrogen (secondary N) is 2. The van der Waals surface area contributed by atoms with E-state index < -0.39 is 0 Å². The average Bonchev–Trinajstić information content (AvgIpc) is 2.45. The number of benzene rings is 1. The van der Waals surface area contributed by atoms with Gasteiger partial charge in [-0.3, -0.25) is 0 Å². The zero-order valence-corrected chi connectivity index (χ0v) is 11.4. The van der Waals surface area contributed by atoms with Crippen molar-refractivity contribution in [2.24, 2.45) is 5.73 Å². The highest BCUT2D eigenvalue weighted by Crippen LogP contribution is 2.10. The molecular formula is C14H20N4O. The van der Waals surface area contributed by atoms with Gasteiger partial charge >= 0.3 is 6.03 Å².